The number of hydrogen-bond donors (Lipinski definition) is 1. The quantitative estimate of drug-likeness (QED) is 0.775. The average Bonchev–Trinajstić information content (AvgIpc) is 3.06. The van der Waals surface area contributed by atoms with E-state index in [1.54, 1.807) is 6.33 Å². The highest BCUT2D eigenvalue weighted by Crippen LogP contribution is 2.14. The Morgan fingerprint density at radius 2 is 2.05 bits per heavy atom. The van der Waals surface area contributed by atoms with Crippen LogP contribution in [0.3, 0.4) is 0 Å². The topological polar surface area (TPSA) is 59.4 Å². The van der Waals surface area contributed by atoms with Gasteiger partial charge in [-0.1, -0.05) is 30.3 Å². The molecule has 0 spiro atoms. The number of nitrogens with zero attached hydrogens (tertiary/aromatic N) is 4. The summed E-state index contributed by atoms with van der Waals surface area (Å²) in [6, 6.07) is 12.3. The van der Waals surface area contributed by atoms with Gasteiger partial charge in [0.25, 0.3) is 0 Å². The molecule has 0 atom stereocenters. The minimum Gasteiger partial charge on any atom is -0.282 e. The van der Waals surface area contributed by atoms with Crippen LogP contribution < -0.4 is 0 Å². The molecule has 1 aromatic carbocycles. The first kappa shape index (κ1) is 11.6. The minimum absolute atomic E-state index is 0.797. The fourth-order valence-electron chi connectivity index (χ4n) is 2.04. The first-order valence-electron chi connectivity index (χ1n) is 6.27. The van der Waals surface area contributed by atoms with Crippen molar-refractivity contribution in [1.29, 1.82) is 0 Å². The van der Waals surface area contributed by atoms with Crippen molar-refractivity contribution in [1.82, 2.24) is 25.0 Å². The molecule has 0 aliphatic rings. The summed E-state index contributed by atoms with van der Waals surface area (Å²) in [5.41, 5.74) is 3.15. The van der Waals surface area contributed by atoms with Crippen molar-refractivity contribution >= 4 is 0 Å². The van der Waals surface area contributed by atoms with E-state index in [9.17, 15) is 0 Å². The van der Waals surface area contributed by atoms with E-state index in [2.05, 4.69) is 44.5 Å². The van der Waals surface area contributed by atoms with E-state index in [1.807, 2.05) is 23.7 Å². The van der Waals surface area contributed by atoms with Gasteiger partial charge in [0.15, 0.2) is 5.82 Å². The Hall–Kier alpha value is -2.43. The Morgan fingerprint density at radius 3 is 2.79 bits per heavy atom. The van der Waals surface area contributed by atoms with Crippen molar-refractivity contribution < 1.29 is 0 Å². The second-order valence-electron chi connectivity index (χ2n) is 4.48. The number of H-pyrrole nitrogens is 1. The van der Waals surface area contributed by atoms with Crippen molar-refractivity contribution in [3.05, 3.63) is 54.0 Å². The van der Waals surface area contributed by atoms with Gasteiger partial charge in [0, 0.05) is 12.2 Å². The Kier molecular flexibility index (Phi) is 3.10. The Labute approximate surface area is 111 Å². The highest BCUT2D eigenvalue weighted by Gasteiger charge is 2.10. The molecule has 5 nitrogen and oxygen atoms in total. The number of rotatable bonds is 4. The highest BCUT2D eigenvalue weighted by molar-refractivity contribution is 5.48. The van der Waals surface area contributed by atoms with Gasteiger partial charge >= 0.3 is 0 Å². The lowest BCUT2D eigenvalue weighted by Crippen LogP contribution is -2.05. The lowest BCUT2D eigenvalue weighted by molar-refractivity contribution is 0.619. The van der Waals surface area contributed by atoms with Crippen molar-refractivity contribution in [2.45, 2.75) is 19.9 Å². The van der Waals surface area contributed by atoms with Crippen LogP contribution in [-0.2, 0) is 13.0 Å². The maximum atomic E-state index is 4.28. The van der Waals surface area contributed by atoms with E-state index in [0.717, 1.165) is 30.2 Å². The highest BCUT2D eigenvalue weighted by atomic mass is 15.3. The van der Waals surface area contributed by atoms with E-state index >= 15 is 0 Å². The summed E-state index contributed by atoms with van der Waals surface area (Å²) in [6.07, 6.45) is 2.50. The molecule has 0 aliphatic carbocycles. The van der Waals surface area contributed by atoms with Gasteiger partial charge in [-0.15, -0.1) is 0 Å². The van der Waals surface area contributed by atoms with Crippen LogP contribution in [0, 0.1) is 6.92 Å². The fourth-order valence-corrected chi connectivity index (χ4v) is 2.04. The molecule has 0 radical (unpaired) electrons. The molecule has 2 aromatic heterocycles. The second kappa shape index (κ2) is 5.06. The Balaban J connectivity index is 1.77. The van der Waals surface area contributed by atoms with E-state index < -0.39 is 0 Å². The largest absolute Gasteiger partial charge is 0.282 e. The summed E-state index contributed by atoms with van der Waals surface area (Å²) in [5.74, 6) is 0.806. The Morgan fingerprint density at radius 1 is 1.21 bits per heavy atom. The molecule has 5 heteroatoms. The first-order valence-corrected chi connectivity index (χ1v) is 6.27. The molecule has 0 saturated carbocycles. The summed E-state index contributed by atoms with van der Waals surface area (Å²) in [7, 11) is 0. The van der Waals surface area contributed by atoms with Gasteiger partial charge in [-0.2, -0.15) is 10.2 Å². The molecule has 0 bridgehead atoms. The number of nitrogens with one attached hydrogen (secondary N) is 1. The van der Waals surface area contributed by atoms with Crippen molar-refractivity contribution in [2.75, 3.05) is 0 Å². The molecular formula is C14H15N5. The van der Waals surface area contributed by atoms with Crippen LogP contribution in [0.2, 0.25) is 0 Å². The molecule has 3 rings (SSSR count). The number of aromatic amines is 1. The monoisotopic (exact) mass is 253 g/mol. The van der Waals surface area contributed by atoms with E-state index in [-0.39, 0.29) is 0 Å². The average molecular weight is 253 g/mol. The van der Waals surface area contributed by atoms with Gasteiger partial charge < -0.3 is 0 Å². The van der Waals surface area contributed by atoms with Crippen LogP contribution in [0.25, 0.3) is 11.5 Å². The van der Waals surface area contributed by atoms with Crippen LogP contribution in [0.4, 0.5) is 0 Å². The maximum absolute atomic E-state index is 4.28. The lowest BCUT2D eigenvalue weighted by atomic mass is 10.1. The molecule has 0 saturated heterocycles. The van der Waals surface area contributed by atoms with Gasteiger partial charge in [0.05, 0.1) is 0 Å². The van der Waals surface area contributed by atoms with Gasteiger partial charge in [-0.3, -0.25) is 5.10 Å². The predicted molar refractivity (Wildman–Crippen MR) is 72.5 cm³/mol. The molecule has 0 aliphatic heterocycles. The first-order chi connectivity index (χ1) is 9.33. The van der Waals surface area contributed by atoms with Crippen molar-refractivity contribution in [3.63, 3.8) is 0 Å². The zero-order valence-corrected chi connectivity index (χ0v) is 10.7. The summed E-state index contributed by atoms with van der Waals surface area (Å²) in [5, 5.41) is 11.4. The standard InChI is InChI=1S/C14H15N5/c1-11-9-13(18-17-11)14-15-10-16-19(14)8-7-12-5-3-2-4-6-12/h2-6,9-10H,7-8H2,1H3,(H,17,18). The molecule has 2 heterocycles. The van der Waals surface area contributed by atoms with E-state index in [1.165, 1.54) is 5.56 Å². The number of aryl methyl sites for hydroxylation is 3. The van der Waals surface area contributed by atoms with Gasteiger partial charge in [-0.25, -0.2) is 9.67 Å². The lowest BCUT2D eigenvalue weighted by Gasteiger charge is -2.04. The molecule has 0 fully saturated rings. The summed E-state index contributed by atoms with van der Waals surface area (Å²) in [6.45, 7) is 2.77. The molecule has 19 heavy (non-hydrogen) atoms. The van der Waals surface area contributed by atoms with Crippen LogP contribution >= 0.6 is 0 Å². The summed E-state index contributed by atoms with van der Waals surface area (Å²) >= 11 is 0. The fraction of sp³-hybridized carbons (Fsp3) is 0.214. The van der Waals surface area contributed by atoms with Gasteiger partial charge in [0.1, 0.15) is 12.0 Å². The zero-order valence-electron chi connectivity index (χ0n) is 10.7. The Bertz CT molecular complexity index is 653. The molecule has 3 aromatic rings. The third-order valence-corrected chi connectivity index (χ3v) is 3.01. The van der Waals surface area contributed by atoms with Crippen molar-refractivity contribution in [3.8, 4) is 11.5 Å². The molecule has 96 valence electrons. The van der Waals surface area contributed by atoms with E-state index in [4.69, 9.17) is 0 Å². The summed E-state index contributed by atoms with van der Waals surface area (Å²) < 4.78 is 1.89. The van der Waals surface area contributed by atoms with Crippen LogP contribution in [-0.4, -0.2) is 25.0 Å². The smallest absolute Gasteiger partial charge is 0.178 e. The molecule has 1 N–H and O–H groups in total. The normalized spacial score (nSPS) is 10.8. The number of hydrogen-bond acceptors (Lipinski definition) is 3. The zero-order chi connectivity index (χ0) is 13.1. The van der Waals surface area contributed by atoms with Gasteiger partial charge in [0.2, 0.25) is 0 Å². The number of benzene rings is 1. The predicted octanol–water partition coefficient (Wildman–Crippen LogP) is 2.22. The maximum Gasteiger partial charge on any atom is 0.178 e. The van der Waals surface area contributed by atoms with Crippen LogP contribution in [0.15, 0.2) is 42.7 Å². The second-order valence-corrected chi connectivity index (χ2v) is 4.48. The molecule has 0 unspecified atom stereocenters. The van der Waals surface area contributed by atoms with Gasteiger partial charge in [-0.05, 0) is 25.0 Å². The molecular weight excluding hydrogens is 238 g/mol. The minimum atomic E-state index is 0.797. The third-order valence-electron chi connectivity index (χ3n) is 3.01. The molecule has 0 amide bonds. The van der Waals surface area contributed by atoms with Crippen molar-refractivity contribution in [2.24, 2.45) is 0 Å². The van der Waals surface area contributed by atoms with E-state index in [0.29, 0.717) is 0 Å². The summed E-state index contributed by atoms with van der Waals surface area (Å²) in [4.78, 5) is 4.28. The van der Waals surface area contributed by atoms with Crippen LogP contribution in [0.5, 0.6) is 0 Å². The van der Waals surface area contributed by atoms with Crippen LogP contribution in [0.1, 0.15) is 11.3 Å². The SMILES string of the molecule is Cc1cc(-c2ncnn2CCc2ccccc2)n[nH]1. The third kappa shape index (κ3) is 2.54. The number of aromatic nitrogens is 5.